The minimum absolute atomic E-state index is 0. The Morgan fingerprint density at radius 2 is 1.95 bits per heavy atom. The Bertz CT molecular complexity index is 513. The van der Waals surface area contributed by atoms with E-state index in [1.54, 1.807) is 7.11 Å². The number of hydrogen-bond donors (Lipinski definition) is 2. The fraction of sp³-hybridized carbons (Fsp3) is 0.588. The fourth-order valence-electron chi connectivity index (χ4n) is 3.02. The lowest BCUT2D eigenvalue weighted by atomic mass is 9.81. The summed E-state index contributed by atoms with van der Waals surface area (Å²) in [4.78, 5) is 12.5. The minimum Gasteiger partial charge on any atom is -0.496 e. The summed E-state index contributed by atoms with van der Waals surface area (Å²) in [7, 11) is 1.65. The molecule has 1 saturated carbocycles. The normalized spacial score (nSPS) is 18.0. The molecule has 4 nitrogen and oxygen atoms in total. The van der Waals surface area contributed by atoms with Crippen LogP contribution < -0.4 is 15.8 Å². The first kappa shape index (κ1) is 18.8. The molecule has 124 valence electrons. The number of benzene rings is 1. The molecule has 1 aliphatic rings. The highest BCUT2D eigenvalue weighted by Crippen LogP contribution is 2.29. The molecule has 2 rings (SSSR count). The van der Waals surface area contributed by atoms with Gasteiger partial charge in [-0.2, -0.15) is 0 Å². The Hall–Kier alpha value is -1.26. The van der Waals surface area contributed by atoms with E-state index in [-0.39, 0.29) is 24.4 Å². The van der Waals surface area contributed by atoms with Crippen LogP contribution in [-0.2, 0) is 4.79 Å². The van der Waals surface area contributed by atoms with E-state index in [0.717, 1.165) is 42.6 Å². The van der Waals surface area contributed by atoms with Gasteiger partial charge in [-0.1, -0.05) is 37.0 Å². The number of nitrogens with two attached hydrogens (primary N) is 1. The van der Waals surface area contributed by atoms with Crippen LogP contribution in [-0.4, -0.2) is 18.6 Å². The molecule has 0 saturated heterocycles. The van der Waals surface area contributed by atoms with Gasteiger partial charge >= 0.3 is 0 Å². The van der Waals surface area contributed by atoms with Crippen molar-refractivity contribution in [3.05, 3.63) is 29.3 Å². The largest absolute Gasteiger partial charge is 0.496 e. The third kappa shape index (κ3) is 4.14. The van der Waals surface area contributed by atoms with Gasteiger partial charge in [0.15, 0.2) is 0 Å². The number of aryl methyl sites for hydroxylation is 1. The van der Waals surface area contributed by atoms with Crippen LogP contribution in [0.25, 0.3) is 0 Å². The highest BCUT2D eigenvalue weighted by molar-refractivity contribution is 5.86. The molecule has 0 aromatic heterocycles. The van der Waals surface area contributed by atoms with Crippen LogP contribution in [0.2, 0.25) is 0 Å². The van der Waals surface area contributed by atoms with Gasteiger partial charge in [0, 0.05) is 5.56 Å². The third-order valence-corrected chi connectivity index (χ3v) is 4.40. The highest BCUT2D eigenvalue weighted by Gasteiger charge is 2.36. The van der Waals surface area contributed by atoms with Crippen molar-refractivity contribution in [2.24, 2.45) is 5.73 Å². The third-order valence-electron chi connectivity index (χ3n) is 4.40. The average molecular weight is 327 g/mol. The van der Waals surface area contributed by atoms with Gasteiger partial charge in [0.2, 0.25) is 5.91 Å². The zero-order valence-electron chi connectivity index (χ0n) is 13.6. The van der Waals surface area contributed by atoms with E-state index in [9.17, 15) is 4.79 Å². The molecule has 1 amide bonds. The van der Waals surface area contributed by atoms with Gasteiger partial charge in [-0.3, -0.25) is 4.79 Å². The van der Waals surface area contributed by atoms with Gasteiger partial charge in [0.05, 0.1) is 18.7 Å². The lowest BCUT2D eigenvalue weighted by Gasteiger charge is -2.33. The Kier molecular flexibility index (Phi) is 6.69. The van der Waals surface area contributed by atoms with E-state index in [0.29, 0.717) is 0 Å². The topological polar surface area (TPSA) is 64.3 Å². The Morgan fingerprint density at radius 3 is 2.55 bits per heavy atom. The Morgan fingerprint density at radius 1 is 1.32 bits per heavy atom. The second-order valence-corrected chi connectivity index (χ2v) is 6.16. The molecule has 0 spiro atoms. The molecule has 1 aromatic carbocycles. The number of halogens is 1. The number of nitrogens with one attached hydrogen (secondary N) is 1. The standard InChI is InChI=1S/C17H26N2O2.ClH/c1-12-7-8-15(21-3)14(11-12)13(2)19-16(20)17(18)9-5-4-6-10-17;/h7-8,11,13H,4-6,9-10,18H2,1-3H3,(H,19,20);1H. The summed E-state index contributed by atoms with van der Waals surface area (Å²) >= 11 is 0. The molecule has 1 unspecified atom stereocenters. The molecule has 0 radical (unpaired) electrons. The van der Waals surface area contributed by atoms with Gasteiger partial charge in [-0.25, -0.2) is 0 Å². The van der Waals surface area contributed by atoms with Crippen LogP contribution in [0.15, 0.2) is 18.2 Å². The van der Waals surface area contributed by atoms with Crippen LogP contribution >= 0.6 is 12.4 Å². The summed E-state index contributed by atoms with van der Waals surface area (Å²) in [5.74, 6) is 0.751. The molecule has 0 heterocycles. The molecule has 3 N–H and O–H groups in total. The van der Waals surface area contributed by atoms with E-state index >= 15 is 0 Å². The van der Waals surface area contributed by atoms with Crippen molar-refractivity contribution in [1.29, 1.82) is 0 Å². The summed E-state index contributed by atoms with van der Waals surface area (Å²) in [5.41, 5.74) is 7.72. The highest BCUT2D eigenvalue weighted by atomic mass is 35.5. The van der Waals surface area contributed by atoms with Crippen molar-refractivity contribution < 1.29 is 9.53 Å². The number of methoxy groups -OCH3 is 1. The van der Waals surface area contributed by atoms with Crippen molar-refractivity contribution in [2.45, 2.75) is 57.5 Å². The van der Waals surface area contributed by atoms with Crippen LogP contribution in [0.3, 0.4) is 0 Å². The predicted octanol–water partition coefficient (Wildman–Crippen LogP) is 3.26. The maximum absolute atomic E-state index is 12.5. The molecule has 1 aliphatic carbocycles. The maximum Gasteiger partial charge on any atom is 0.240 e. The van der Waals surface area contributed by atoms with Crippen molar-refractivity contribution in [3.8, 4) is 5.75 Å². The summed E-state index contributed by atoms with van der Waals surface area (Å²) in [6.07, 6.45) is 4.79. The van der Waals surface area contributed by atoms with Gasteiger partial charge < -0.3 is 15.8 Å². The molecule has 1 aromatic rings. The molecule has 5 heteroatoms. The molecule has 1 fully saturated rings. The van der Waals surface area contributed by atoms with E-state index in [1.165, 1.54) is 6.42 Å². The van der Waals surface area contributed by atoms with Crippen LogP contribution in [0, 0.1) is 6.92 Å². The van der Waals surface area contributed by atoms with Gasteiger partial charge in [0.1, 0.15) is 5.75 Å². The second-order valence-electron chi connectivity index (χ2n) is 6.16. The monoisotopic (exact) mass is 326 g/mol. The van der Waals surface area contributed by atoms with Gasteiger partial charge in [-0.15, -0.1) is 12.4 Å². The number of hydrogen-bond acceptors (Lipinski definition) is 3. The smallest absolute Gasteiger partial charge is 0.240 e. The van der Waals surface area contributed by atoms with Gasteiger partial charge in [0.25, 0.3) is 0 Å². The van der Waals surface area contributed by atoms with E-state index in [4.69, 9.17) is 10.5 Å². The predicted molar refractivity (Wildman–Crippen MR) is 91.5 cm³/mol. The molecule has 1 atom stereocenters. The number of amides is 1. The van der Waals surface area contributed by atoms with Crippen molar-refractivity contribution in [3.63, 3.8) is 0 Å². The zero-order valence-corrected chi connectivity index (χ0v) is 14.5. The van der Waals surface area contributed by atoms with Crippen LogP contribution in [0.1, 0.15) is 56.2 Å². The van der Waals surface area contributed by atoms with Crippen molar-refractivity contribution in [2.75, 3.05) is 7.11 Å². The number of ether oxygens (including phenoxy) is 1. The van der Waals surface area contributed by atoms with E-state index in [1.807, 2.05) is 32.0 Å². The Balaban J connectivity index is 0.00000242. The SMILES string of the molecule is COc1ccc(C)cc1C(C)NC(=O)C1(N)CCCCC1.Cl. The first-order valence-electron chi connectivity index (χ1n) is 7.71. The zero-order chi connectivity index (χ0) is 15.5. The fourth-order valence-corrected chi connectivity index (χ4v) is 3.02. The van der Waals surface area contributed by atoms with Crippen molar-refractivity contribution >= 4 is 18.3 Å². The quantitative estimate of drug-likeness (QED) is 0.892. The summed E-state index contributed by atoms with van der Waals surface area (Å²) in [6, 6.07) is 5.87. The Labute approximate surface area is 139 Å². The average Bonchev–Trinajstić information content (AvgIpc) is 2.47. The molecular formula is C17H27ClN2O2. The molecule has 22 heavy (non-hydrogen) atoms. The number of rotatable bonds is 4. The molecule has 0 bridgehead atoms. The van der Waals surface area contributed by atoms with Gasteiger partial charge in [-0.05, 0) is 32.8 Å². The first-order valence-corrected chi connectivity index (χ1v) is 7.71. The van der Waals surface area contributed by atoms with Crippen LogP contribution in [0.5, 0.6) is 5.75 Å². The molecular weight excluding hydrogens is 300 g/mol. The minimum atomic E-state index is -0.705. The van der Waals surface area contributed by atoms with E-state index < -0.39 is 5.54 Å². The number of carbonyl (C=O) groups excluding carboxylic acids is 1. The lowest BCUT2D eigenvalue weighted by Crippen LogP contribution is -2.55. The summed E-state index contributed by atoms with van der Waals surface area (Å²) < 4.78 is 5.39. The molecule has 0 aliphatic heterocycles. The van der Waals surface area contributed by atoms with Crippen LogP contribution in [0.4, 0.5) is 0 Å². The summed E-state index contributed by atoms with van der Waals surface area (Å²) in [6.45, 7) is 4.00. The lowest BCUT2D eigenvalue weighted by molar-refractivity contribution is -0.128. The summed E-state index contributed by atoms with van der Waals surface area (Å²) in [5, 5.41) is 3.06. The first-order chi connectivity index (χ1) is 9.96. The second kappa shape index (κ2) is 7.84. The van der Waals surface area contributed by atoms with E-state index in [2.05, 4.69) is 5.32 Å². The maximum atomic E-state index is 12.5. The van der Waals surface area contributed by atoms with Crippen molar-refractivity contribution in [1.82, 2.24) is 5.32 Å². The number of carbonyl (C=O) groups is 1.